The number of fused-ring (bicyclic) bond motifs is 6. The predicted octanol–water partition coefficient (Wildman–Crippen LogP) is 2.52. The molecule has 0 aromatic heterocycles. The van der Waals surface area contributed by atoms with Gasteiger partial charge in [-0.3, -0.25) is 14.4 Å². The van der Waals surface area contributed by atoms with Gasteiger partial charge >= 0.3 is 0 Å². The third kappa shape index (κ3) is 2.12. The maximum atomic E-state index is 13.6. The number of ether oxygens (including phenoxy) is 2. The van der Waals surface area contributed by atoms with Gasteiger partial charge in [-0.1, -0.05) is 24.3 Å². The van der Waals surface area contributed by atoms with Gasteiger partial charge in [0.05, 0.1) is 29.6 Å². The van der Waals surface area contributed by atoms with Crippen molar-refractivity contribution in [3.63, 3.8) is 0 Å². The van der Waals surface area contributed by atoms with Crippen LogP contribution >= 0.6 is 0 Å². The van der Waals surface area contributed by atoms with Crippen molar-refractivity contribution in [2.45, 2.75) is 19.0 Å². The second-order valence-corrected chi connectivity index (χ2v) is 7.99. The molecular formula is C23H18N2O5. The third-order valence-electron chi connectivity index (χ3n) is 6.49. The molecule has 4 heterocycles. The number of ketones is 1. The molecular weight excluding hydrogens is 384 g/mol. The van der Waals surface area contributed by atoms with Crippen LogP contribution in [0.1, 0.15) is 24.1 Å². The van der Waals surface area contributed by atoms with Crippen LogP contribution in [0, 0.1) is 11.8 Å². The number of benzene rings is 2. The first-order valence-electron chi connectivity index (χ1n) is 9.89. The molecule has 2 amide bonds. The maximum Gasteiger partial charge on any atom is 0.240 e. The van der Waals surface area contributed by atoms with Gasteiger partial charge in [0.2, 0.25) is 18.6 Å². The largest absolute Gasteiger partial charge is 0.454 e. The fraction of sp³-hybridized carbons (Fsp3) is 0.261. The summed E-state index contributed by atoms with van der Waals surface area (Å²) in [4.78, 5) is 42.8. The van der Waals surface area contributed by atoms with Crippen molar-refractivity contribution in [1.29, 1.82) is 0 Å². The second kappa shape index (κ2) is 5.95. The summed E-state index contributed by atoms with van der Waals surface area (Å²) in [7, 11) is 0. The summed E-state index contributed by atoms with van der Waals surface area (Å²) in [6, 6.07) is 11.8. The summed E-state index contributed by atoms with van der Waals surface area (Å²) in [5.41, 5.74) is 2.41. The van der Waals surface area contributed by atoms with Crippen LogP contribution in [0.4, 0.5) is 5.69 Å². The number of anilines is 1. The minimum absolute atomic E-state index is 0.110. The van der Waals surface area contributed by atoms with E-state index in [0.29, 0.717) is 17.2 Å². The molecule has 7 heteroatoms. The molecule has 4 aliphatic rings. The predicted molar refractivity (Wildman–Crippen MR) is 107 cm³/mol. The summed E-state index contributed by atoms with van der Waals surface area (Å²) in [5.74, 6) is -1.01. The van der Waals surface area contributed by atoms with Crippen LogP contribution in [-0.4, -0.2) is 35.3 Å². The van der Waals surface area contributed by atoms with Gasteiger partial charge in [-0.15, -0.1) is 0 Å². The first-order valence-corrected chi connectivity index (χ1v) is 9.89. The van der Waals surface area contributed by atoms with Crippen molar-refractivity contribution >= 4 is 29.4 Å². The van der Waals surface area contributed by atoms with E-state index in [-0.39, 0.29) is 30.4 Å². The molecule has 2 fully saturated rings. The average molecular weight is 402 g/mol. The maximum absolute atomic E-state index is 13.6. The summed E-state index contributed by atoms with van der Waals surface area (Å²) < 4.78 is 10.7. The molecule has 6 rings (SSSR count). The topological polar surface area (TPSA) is 76.1 Å². The Labute approximate surface area is 172 Å². The molecule has 0 unspecified atom stereocenters. The normalized spacial score (nSPS) is 27.9. The Balaban J connectivity index is 1.47. The van der Waals surface area contributed by atoms with Gasteiger partial charge < -0.3 is 14.4 Å². The molecule has 150 valence electrons. The Kier molecular flexibility index (Phi) is 3.42. The van der Waals surface area contributed by atoms with Crippen LogP contribution in [0.5, 0.6) is 11.5 Å². The van der Waals surface area contributed by atoms with Crippen LogP contribution in [0.3, 0.4) is 0 Å². The minimum atomic E-state index is -0.721. The fourth-order valence-electron chi connectivity index (χ4n) is 5.30. The van der Waals surface area contributed by atoms with Gasteiger partial charge in [-0.2, -0.15) is 0 Å². The molecule has 2 aromatic carbocycles. The number of amides is 2. The second-order valence-electron chi connectivity index (χ2n) is 7.99. The monoisotopic (exact) mass is 402 g/mol. The molecule has 0 aliphatic carbocycles. The quantitative estimate of drug-likeness (QED) is 0.719. The van der Waals surface area contributed by atoms with Gasteiger partial charge in [-0.25, -0.2) is 4.90 Å². The zero-order valence-electron chi connectivity index (χ0n) is 16.1. The number of hydrogen-bond acceptors (Lipinski definition) is 6. The summed E-state index contributed by atoms with van der Waals surface area (Å²) in [6.45, 7) is 1.60. The molecule has 4 aliphatic heterocycles. The van der Waals surface area contributed by atoms with Gasteiger partial charge in [-0.05, 0) is 36.3 Å². The molecule has 4 atom stereocenters. The molecule has 2 saturated heterocycles. The van der Waals surface area contributed by atoms with Crippen LogP contribution in [-0.2, 0) is 14.4 Å². The Morgan fingerprint density at radius 2 is 1.77 bits per heavy atom. The number of Topliss-reactive ketones (excluding diaryl/α,β-unsaturated/α-hetero) is 1. The number of imide groups is 1. The first-order chi connectivity index (χ1) is 14.6. The summed E-state index contributed by atoms with van der Waals surface area (Å²) in [5, 5.41) is 0. The van der Waals surface area contributed by atoms with Crippen molar-refractivity contribution < 1.29 is 23.9 Å². The van der Waals surface area contributed by atoms with Crippen LogP contribution in [0.25, 0.3) is 6.08 Å². The molecule has 0 radical (unpaired) electrons. The van der Waals surface area contributed by atoms with E-state index in [1.807, 2.05) is 41.4 Å². The number of carbonyl (C=O) groups excluding carboxylic acids is 3. The lowest BCUT2D eigenvalue weighted by atomic mass is 9.84. The Hall–Kier alpha value is -3.61. The van der Waals surface area contributed by atoms with Crippen LogP contribution in [0.15, 0.2) is 48.7 Å². The summed E-state index contributed by atoms with van der Waals surface area (Å²) in [6.07, 6.45) is 3.79. The van der Waals surface area contributed by atoms with E-state index in [9.17, 15) is 14.4 Å². The van der Waals surface area contributed by atoms with E-state index < -0.39 is 17.9 Å². The lowest BCUT2D eigenvalue weighted by Gasteiger charge is -2.34. The van der Waals surface area contributed by atoms with Gasteiger partial charge in [0.15, 0.2) is 17.3 Å². The average Bonchev–Trinajstić information content (AvgIpc) is 3.41. The fourth-order valence-corrected chi connectivity index (χ4v) is 5.30. The molecule has 0 bridgehead atoms. The highest BCUT2D eigenvalue weighted by molar-refractivity contribution is 6.24. The molecule has 0 N–H and O–H groups in total. The molecule has 30 heavy (non-hydrogen) atoms. The number of rotatable bonds is 2. The van der Waals surface area contributed by atoms with Crippen molar-refractivity contribution in [1.82, 2.24) is 4.90 Å². The standard InChI is InChI=1S/C23H18N2O5/c1-12(26)20-18-19(21-15-5-3-2-4-13(15)8-9-24(20)21)23(28)25(22(18)27)14-6-7-16-17(10-14)30-11-29-16/h2-10,18-21H,11H2,1H3/t18-,19+,20+,21-/m1/s1. The smallest absolute Gasteiger partial charge is 0.240 e. The highest BCUT2D eigenvalue weighted by Gasteiger charge is 2.64. The minimum Gasteiger partial charge on any atom is -0.454 e. The van der Waals surface area contributed by atoms with Crippen LogP contribution in [0.2, 0.25) is 0 Å². The number of nitrogens with zero attached hydrogens (tertiary/aromatic N) is 2. The highest BCUT2D eigenvalue weighted by atomic mass is 16.7. The van der Waals surface area contributed by atoms with Gasteiger partial charge in [0, 0.05) is 12.3 Å². The van der Waals surface area contributed by atoms with Crippen LogP contribution < -0.4 is 14.4 Å². The third-order valence-corrected chi connectivity index (χ3v) is 6.49. The molecule has 0 saturated carbocycles. The zero-order chi connectivity index (χ0) is 20.6. The first kappa shape index (κ1) is 17.3. The van der Waals surface area contributed by atoms with Crippen molar-refractivity contribution in [2.75, 3.05) is 11.7 Å². The van der Waals surface area contributed by atoms with Gasteiger partial charge in [0.25, 0.3) is 0 Å². The lowest BCUT2D eigenvalue weighted by molar-refractivity contribution is -0.129. The number of hydrogen-bond donors (Lipinski definition) is 0. The van der Waals surface area contributed by atoms with Crippen molar-refractivity contribution in [3.05, 3.63) is 59.8 Å². The van der Waals surface area contributed by atoms with E-state index in [4.69, 9.17) is 9.47 Å². The van der Waals surface area contributed by atoms with E-state index in [1.165, 1.54) is 11.8 Å². The van der Waals surface area contributed by atoms with Crippen molar-refractivity contribution in [2.24, 2.45) is 11.8 Å². The zero-order valence-corrected chi connectivity index (χ0v) is 16.1. The van der Waals surface area contributed by atoms with Gasteiger partial charge in [0.1, 0.15) is 0 Å². The van der Waals surface area contributed by atoms with E-state index in [0.717, 1.165) is 11.1 Å². The lowest BCUT2D eigenvalue weighted by Crippen LogP contribution is -2.43. The molecule has 2 aromatic rings. The Morgan fingerprint density at radius 3 is 2.60 bits per heavy atom. The molecule has 7 nitrogen and oxygen atoms in total. The SMILES string of the molecule is CC(=O)[C@H]1[C@@H]2C(=O)N(c3ccc4c(c3)OCO4)C(=O)[C@@H]2[C@H]2c3ccccc3C=CN21. The van der Waals surface area contributed by atoms with E-state index in [2.05, 4.69) is 0 Å². The number of carbonyl (C=O) groups is 3. The molecule has 0 spiro atoms. The Morgan fingerprint density at radius 1 is 1.00 bits per heavy atom. The van der Waals surface area contributed by atoms with Crippen molar-refractivity contribution in [3.8, 4) is 11.5 Å². The Bertz CT molecular complexity index is 1160. The highest BCUT2D eigenvalue weighted by Crippen LogP contribution is 2.53. The summed E-state index contributed by atoms with van der Waals surface area (Å²) >= 11 is 0. The van der Waals surface area contributed by atoms with E-state index in [1.54, 1.807) is 18.2 Å². The van der Waals surface area contributed by atoms with E-state index >= 15 is 0 Å².